The predicted octanol–water partition coefficient (Wildman–Crippen LogP) is 3.36. The van der Waals surface area contributed by atoms with Gasteiger partial charge in [-0.25, -0.2) is 0 Å². The molecule has 1 N–H and O–H groups in total. The van der Waals surface area contributed by atoms with E-state index >= 15 is 0 Å². The van der Waals surface area contributed by atoms with Crippen molar-refractivity contribution < 1.29 is 4.74 Å². The Kier molecular flexibility index (Phi) is 7.06. The summed E-state index contributed by atoms with van der Waals surface area (Å²) in [5.74, 6) is 0.832. The summed E-state index contributed by atoms with van der Waals surface area (Å²) in [5, 5.41) is 3.44. The van der Waals surface area contributed by atoms with Gasteiger partial charge in [-0.3, -0.25) is 0 Å². The monoisotopic (exact) mass is 227 g/mol. The van der Waals surface area contributed by atoms with Gasteiger partial charge in [-0.2, -0.15) is 0 Å². The van der Waals surface area contributed by atoms with Crippen LogP contribution in [0.4, 0.5) is 0 Å². The Labute approximate surface area is 101 Å². The van der Waals surface area contributed by atoms with Crippen molar-refractivity contribution in [2.75, 3.05) is 14.2 Å². The van der Waals surface area contributed by atoms with E-state index in [-0.39, 0.29) is 0 Å². The fourth-order valence-electron chi connectivity index (χ4n) is 2.55. The zero-order valence-electron chi connectivity index (χ0n) is 11.3. The van der Waals surface area contributed by atoms with Crippen molar-refractivity contribution >= 4 is 0 Å². The average Bonchev–Trinajstić information content (AvgIpc) is 3.11. The summed E-state index contributed by atoms with van der Waals surface area (Å²) >= 11 is 0. The normalized spacial score (nSPS) is 19.7. The highest BCUT2D eigenvalue weighted by Crippen LogP contribution is 2.36. The third kappa shape index (κ3) is 4.84. The van der Waals surface area contributed by atoms with Crippen molar-refractivity contribution in [3.05, 3.63) is 0 Å². The van der Waals surface area contributed by atoms with Gasteiger partial charge in [0.25, 0.3) is 0 Å². The number of rotatable bonds is 10. The van der Waals surface area contributed by atoms with E-state index in [9.17, 15) is 0 Å². The van der Waals surface area contributed by atoms with Gasteiger partial charge in [0.05, 0.1) is 6.10 Å². The summed E-state index contributed by atoms with van der Waals surface area (Å²) in [6, 6.07) is 0.569. The molecule has 96 valence electrons. The van der Waals surface area contributed by atoms with Gasteiger partial charge in [0.15, 0.2) is 0 Å². The fraction of sp³-hybridized carbons (Fsp3) is 1.00. The van der Waals surface area contributed by atoms with E-state index in [2.05, 4.69) is 19.3 Å². The number of methoxy groups -OCH3 is 1. The highest BCUT2D eigenvalue weighted by molar-refractivity contribution is 4.89. The molecular weight excluding hydrogens is 198 g/mol. The minimum Gasteiger partial charge on any atom is -0.380 e. The standard InChI is InChI=1S/C14H29NO/c1-4-5-6-7-8-9-13(15-2)14(16-3)12-10-11-12/h12-15H,4-11H2,1-3H3. The van der Waals surface area contributed by atoms with E-state index < -0.39 is 0 Å². The molecule has 0 bridgehead atoms. The molecule has 16 heavy (non-hydrogen) atoms. The van der Waals surface area contributed by atoms with E-state index in [0.29, 0.717) is 12.1 Å². The van der Waals surface area contributed by atoms with Gasteiger partial charge in [0, 0.05) is 13.2 Å². The van der Waals surface area contributed by atoms with E-state index in [4.69, 9.17) is 4.74 Å². The van der Waals surface area contributed by atoms with Crippen LogP contribution in [0.5, 0.6) is 0 Å². The van der Waals surface area contributed by atoms with Gasteiger partial charge in [0.2, 0.25) is 0 Å². The van der Waals surface area contributed by atoms with Crippen LogP contribution in [0.2, 0.25) is 0 Å². The Morgan fingerprint density at radius 3 is 2.38 bits per heavy atom. The molecule has 2 nitrogen and oxygen atoms in total. The number of ether oxygens (including phenoxy) is 1. The number of unbranched alkanes of at least 4 members (excludes halogenated alkanes) is 4. The maximum absolute atomic E-state index is 5.64. The van der Waals surface area contributed by atoms with Crippen LogP contribution in [0.25, 0.3) is 0 Å². The molecule has 0 heterocycles. The second-order valence-corrected chi connectivity index (χ2v) is 5.14. The zero-order valence-corrected chi connectivity index (χ0v) is 11.3. The Bertz CT molecular complexity index is 168. The maximum Gasteiger partial charge on any atom is 0.0752 e. The van der Waals surface area contributed by atoms with Crippen LogP contribution in [-0.2, 0) is 4.74 Å². The molecule has 2 unspecified atom stereocenters. The Morgan fingerprint density at radius 2 is 1.88 bits per heavy atom. The molecule has 0 radical (unpaired) electrons. The first-order chi connectivity index (χ1) is 7.83. The van der Waals surface area contributed by atoms with Crippen molar-refractivity contribution in [3.63, 3.8) is 0 Å². The minimum atomic E-state index is 0.455. The van der Waals surface area contributed by atoms with Crippen LogP contribution in [0.3, 0.4) is 0 Å². The maximum atomic E-state index is 5.64. The highest BCUT2D eigenvalue weighted by atomic mass is 16.5. The van der Waals surface area contributed by atoms with Crippen LogP contribution >= 0.6 is 0 Å². The molecule has 1 fully saturated rings. The van der Waals surface area contributed by atoms with Gasteiger partial charge < -0.3 is 10.1 Å². The number of hydrogen-bond acceptors (Lipinski definition) is 2. The molecule has 0 amide bonds. The molecule has 0 aromatic carbocycles. The largest absolute Gasteiger partial charge is 0.380 e. The predicted molar refractivity (Wildman–Crippen MR) is 69.7 cm³/mol. The van der Waals surface area contributed by atoms with E-state index in [1.54, 1.807) is 0 Å². The van der Waals surface area contributed by atoms with Gasteiger partial charge in [-0.05, 0) is 32.2 Å². The van der Waals surface area contributed by atoms with E-state index in [1.807, 2.05) is 7.11 Å². The highest BCUT2D eigenvalue weighted by Gasteiger charge is 2.35. The lowest BCUT2D eigenvalue weighted by Gasteiger charge is -2.25. The van der Waals surface area contributed by atoms with Gasteiger partial charge in [0.1, 0.15) is 0 Å². The summed E-state index contributed by atoms with van der Waals surface area (Å²) in [5.41, 5.74) is 0. The van der Waals surface area contributed by atoms with Crippen LogP contribution in [0.15, 0.2) is 0 Å². The fourth-order valence-corrected chi connectivity index (χ4v) is 2.55. The molecule has 1 aliphatic carbocycles. The first-order valence-corrected chi connectivity index (χ1v) is 7.03. The molecule has 1 saturated carbocycles. The molecule has 0 saturated heterocycles. The second-order valence-electron chi connectivity index (χ2n) is 5.14. The molecule has 0 aromatic heterocycles. The smallest absolute Gasteiger partial charge is 0.0752 e. The van der Waals surface area contributed by atoms with Crippen molar-refractivity contribution in [1.82, 2.24) is 5.32 Å². The van der Waals surface area contributed by atoms with E-state index in [1.165, 1.54) is 51.4 Å². The third-order valence-electron chi connectivity index (χ3n) is 3.74. The molecular formula is C14H29NO. The first-order valence-electron chi connectivity index (χ1n) is 7.03. The Balaban J connectivity index is 2.14. The lowest BCUT2D eigenvalue weighted by atomic mass is 9.99. The zero-order chi connectivity index (χ0) is 11.8. The molecule has 2 heteroatoms. The first kappa shape index (κ1) is 14.0. The molecule has 0 spiro atoms. The summed E-state index contributed by atoms with van der Waals surface area (Å²) in [6.07, 6.45) is 11.3. The van der Waals surface area contributed by atoms with Crippen molar-refractivity contribution in [1.29, 1.82) is 0 Å². The molecule has 2 atom stereocenters. The van der Waals surface area contributed by atoms with Gasteiger partial charge >= 0.3 is 0 Å². The Hall–Kier alpha value is -0.0800. The third-order valence-corrected chi connectivity index (χ3v) is 3.74. The lowest BCUT2D eigenvalue weighted by Crippen LogP contribution is -2.40. The minimum absolute atomic E-state index is 0.455. The van der Waals surface area contributed by atoms with Crippen LogP contribution in [0.1, 0.15) is 58.3 Å². The van der Waals surface area contributed by atoms with Crippen molar-refractivity contribution in [2.45, 2.75) is 70.4 Å². The number of hydrogen-bond donors (Lipinski definition) is 1. The molecule has 1 aliphatic rings. The van der Waals surface area contributed by atoms with Crippen LogP contribution in [-0.4, -0.2) is 26.3 Å². The van der Waals surface area contributed by atoms with Gasteiger partial charge in [-0.1, -0.05) is 39.0 Å². The Morgan fingerprint density at radius 1 is 1.19 bits per heavy atom. The summed E-state index contributed by atoms with van der Waals surface area (Å²) in [4.78, 5) is 0. The number of nitrogens with one attached hydrogen (secondary N) is 1. The quantitative estimate of drug-likeness (QED) is 0.578. The van der Waals surface area contributed by atoms with Crippen molar-refractivity contribution in [2.24, 2.45) is 5.92 Å². The van der Waals surface area contributed by atoms with Gasteiger partial charge in [-0.15, -0.1) is 0 Å². The second kappa shape index (κ2) is 8.08. The van der Waals surface area contributed by atoms with Crippen LogP contribution < -0.4 is 5.32 Å². The average molecular weight is 227 g/mol. The molecule has 1 rings (SSSR count). The topological polar surface area (TPSA) is 21.3 Å². The molecule has 0 aliphatic heterocycles. The summed E-state index contributed by atoms with van der Waals surface area (Å²) < 4.78 is 5.64. The van der Waals surface area contributed by atoms with Crippen LogP contribution in [0, 0.1) is 5.92 Å². The van der Waals surface area contributed by atoms with E-state index in [0.717, 1.165) is 5.92 Å². The SMILES string of the molecule is CCCCCCCC(NC)C(OC)C1CC1. The summed E-state index contributed by atoms with van der Waals surface area (Å²) in [7, 11) is 3.94. The summed E-state index contributed by atoms with van der Waals surface area (Å²) in [6.45, 7) is 2.27. The lowest BCUT2D eigenvalue weighted by molar-refractivity contribution is 0.0499. The molecule has 0 aromatic rings. The van der Waals surface area contributed by atoms with Crippen molar-refractivity contribution in [3.8, 4) is 0 Å². The number of likely N-dealkylation sites (N-methyl/N-ethyl adjacent to an activating group) is 1.